The number of benzene rings is 4. The van der Waals surface area contributed by atoms with E-state index in [0.717, 1.165) is 22.4 Å². The minimum Gasteiger partial charge on any atom is -0.493 e. The lowest BCUT2D eigenvalue weighted by molar-refractivity contribution is -0.118. The zero-order chi connectivity index (χ0) is 27.7. The number of nitrogens with one attached hydrogen (secondary N) is 1. The van der Waals surface area contributed by atoms with Crippen LogP contribution < -0.4 is 14.9 Å². The van der Waals surface area contributed by atoms with E-state index in [0.29, 0.717) is 28.2 Å². The van der Waals surface area contributed by atoms with Crippen LogP contribution in [0.25, 0.3) is 17.1 Å². The summed E-state index contributed by atoms with van der Waals surface area (Å²) in [6, 6.07) is 34.8. The van der Waals surface area contributed by atoms with Gasteiger partial charge in [0.05, 0.1) is 31.4 Å². The molecule has 0 unspecified atom stereocenters. The zero-order valence-corrected chi connectivity index (χ0v) is 22.8. The Kier molecular flexibility index (Phi) is 8.53. The highest BCUT2D eigenvalue weighted by Crippen LogP contribution is 2.33. The van der Waals surface area contributed by atoms with Crippen molar-refractivity contribution in [3.8, 4) is 28.6 Å². The SMILES string of the molecule is COc1ccc(-n2c(SCC(=O)NN=C(c3ccccc3)c3ccccc3)nnc2-c2ccccc2)cc1OC. The molecule has 0 saturated carbocycles. The number of hydrogen-bond acceptors (Lipinski definition) is 7. The standard InChI is InChI=1S/C31H27N5O3S/c1-38-26-19-18-25(20-27(26)39-2)36-30(24-16-10-5-11-17-24)34-35-31(36)40-21-28(37)32-33-29(22-12-6-3-7-13-22)23-14-8-4-9-15-23/h3-20H,21H2,1-2H3,(H,32,37). The molecule has 0 aliphatic rings. The Hall–Kier alpha value is -4.89. The number of nitrogens with zero attached hydrogens (tertiary/aromatic N) is 4. The third kappa shape index (κ3) is 6.05. The fraction of sp³-hybridized carbons (Fsp3) is 0.0968. The number of amides is 1. The van der Waals surface area contributed by atoms with E-state index in [9.17, 15) is 4.79 Å². The summed E-state index contributed by atoms with van der Waals surface area (Å²) in [6.07, 6.45) is 0. The lowest BCUT2D eigenvalue weighted by Crippen LogP contribution is -2.22. The Balaban J connectivity index is 1.41. The third-order valence-electron chi connectivity index (χ3n) is 6.01. The molecule has 5 aromatic rings. The van der Waals surface area contributed by atoms with Gasteiger partial charge in [0, 0.05) is 22.8 Å². The van der Waals surface area contributed by atoms with Gasteiger partial charge in [0.25, 0.3) is 5.91 Å². The molecule has 0 aliphatic heterocycles. The van der Waals surface area contributed by atoms with Gasteiger partial charge < -0.3 is 9.47 Å². The molecule has 0 bridgehead atoms. The largest absolute Gasteiger partial charge is 0.493 e. The average molecular weight is 550 g/mol. The molecule has 1 heterocycles. The molecule has 1 aromatic heterocycles. The lowest BCUT2D eigenvalue weighted by Gasteiger charge is -2.13. The quantitative estimate of drug-likeness (QED) is 0.138. The van der Waals surface area contributed by atoms with Gasteiger partial charge in [0.2, 0.25) is 0 Å². The van der Waals surface area contributed by atoms with Crippen molar-refractivity contribution in [3.05, 3.63) is 120 Å². The van der Waals surface area contributed by atoms with Crippen LogP contribution in [0.1, 0.15) is 11.1 Å². The van der Waals surface area contributed by atoms with Crippen molar-refractivity contribution in [1.82, 2.24) is 20.2 Å². The van der Waals surface area contributed by atoms with Crippen molar-refractivity contribution in [1.29, 1.82) is 0 Å². The maximum absolute atomic E-state index is 13.0. The fourth-order valence-electron chi connectivity index (χ4n) is 4.10. The molecule has 1 N–H and O–H groups in total. The van der Waals surface area contributed by atoms with E-state index < -0.39 is 0 Å². The first-order valence-corrected chi connectivity index (χ1v) is 13.5. The summed E-state index contributed by atoms with van der Waals surface area (Å²) < 4.78 is 12.8. The number of methoxy groups -OCH3 is 2. The predicted molar refractivity (Wildman–Crippen MR) is 157 cm³/mol. The Labute approximate surface area is 236 Å². The molecule has 0 saturated heterocycles. The van der Waals surface area contributed by atoms with Gasteiger partial charge in [0.1, 0.15) is 0 Å². The molecule has 0 aliphatic carbocycles. The van der Waals surface area contributed by atoms with E-state index in [2.05, 4.69) is 20.7 Å². The van der Waals surface area contributed by atoms with Crippen LogP contribution in [0.2, 0.25) is 0 Å². The van der Waals surface area contributed by atoms with Gasteiger partial charge >= 0.3 is 0 Å². The van der Waals surface area contributed by atoms with Gasteiger partial charge in [-0.1, -0.05) is 103 Å². The van der Waals surface area contributed by atoms with Crippen LogP contribution in [0.4, 0.5) is 0 Å². The first kappa shape index (κ1) is 26.7. The maximum atomic E-state index is 13.0. The normalized spacial score (nSPS) is 10.6. The van der Waals surface area contributed by atoms with Crippen molar-refractivity contribution in [3.63, 3.8) is 0 Å². The van der Waals surface area contributed by atoms with Crippen molar-refractivity contribution < 1.29 is 14.3 Å². The lowest BCUT2D eigenvalue weighted by atomic mass is 10.0. The molecule has 200 valence electrons. The Morgan fingerprint density at radius 1 is 0.800 bits per heavy atom. The summed E-state index contributed by atoms with van der Waals surface area (Å²) >= 11 is 1.27. The number of rotatable bonds is 10. The third-order valence-corrected chi connectivity index (χ3v) is 6.94. The van der Waals surface area contributed by atoms with Crippen molar-refractivity contribution in [2.75, 3.05) is 20.0 Å². The second kappa shape index (κ2) is 12.8. The number of ether oxygens (including phenoxy) is 2. The molecular weight excluding hydrogens is 522 g/mol. The Morgan fingerprint density at radius 2 is 1.40 bits per heavy atom. The smallest absolute Gasteiger partial charge is 0.250 e. The summed E-state index contributed by atoms with van der Waals surface area (Å²) in [5.41, 5.74) is 6.87. The molecule has 40 heavy (non-hydrogen) atoms. The second-order valence-electron chi connectivity index (χ2n) is 8.56. The molecule has 5 rings (SSSR count). The molecule has 8 nitrogen and oxygen atoms in total. The van der Waals surface area contributed by atoms with E-state index in [4.69, 9.17) is 9.47 Å². The second-order valence-corrected chi connectivity index (χ2v) is 9.51. The molecule has 9 heteroatoms. The van der Waals surface area contributed by atoms with Crippen LogP contribution in [-0.2, 0) is 4.79 Å². The van der Waals surface area contributed by atoms with E-state index in [-0.39, 0.29) is 11.7 Å². The summed E-state index contributed by atoms with van der Waals surface area (Å²) in [5, 5.41) is 13.9. The Bertz CT molecular complexity index is 1570. The van der Waals surface area contributed by atoms with Crippen molar-refractivity contribution in [2.45, 2.75) is 5.16 Å². The average Bonchev–Trinajstić information content (AvgIpc) is 3.45. The van der Waals surface area contributed by atoms with Crippen LogP contribution in [0.5, 0.6) is 11.5 Å². The van der Waals surface area contributed by atoms with Crippen molar-refractivity contribution >= 4 is 23.4 Å². The number of aromatic nitrogens is 3. The van der Waals surface area contributed by atoms with Gasteiger partial charge in [-0.3, -0.25) is 9.36 Å². The monoisotopic (exact) mass is 549 g/mol. The van der Waals surface area contributed by atoms with Crippen LogP contribution in [0.15, 0.2) is 119 Å². The van der Waals surface area contributed by atoms with Crippen LogP contribution in [-0.4, -0.2) is 46.4 Å². The van der Waals surface area contributed by atoms with Gasteiger partial charge in [-0.15, -0.1) is 10.2 Å². The van der Waals surface area contributed by atoms with Gasteiger partial charge in [-0.2, -0.15) is 5.10 Å². The first-order valence-electron chi connectivity index (χ1n) is 12.5. The van der Waals surface area contributed by atoms with Crippen molar-refractivity contribution in [2.24, 2.45) is 5.10 Å². The van der Waals surface area contributed by atoms with Gasteiger partial charge in [0.15, 0.2) is 22.5 Å². The first-order chi connectivity index (χ1) is 19.7. The van der Waals surface area contributed by atoms with E-state index >= 15 is 0 Å². The van der Waals surface area contributed by atoms with E-state index in [1.807, 2.05) is 114 Å². The maximum Gasteiger partial charge on any atom is 0.250 e. The molecule has 1 amide bonds. The summed E-state index contributed by atoms with van der Waals surface area (Å²) in [5.74, 6) is 1.65. The topological polar surface area (TPSA) is 90.6 Å². The van der Waals surface area contributed by atoms with Crippen LogP contribution >= 0.6 is 11.8 Å². The summed E-state index contributed by atoms with van der Waals surface area (Å²) in [7, 11) is 3.18. The molecular formula is C31H27N5O3S. The highest BCUT2D eigenvalue weighted by atomic mass is 32.2. The molecule has 0 spiro atoms. The fourth-order valence-corrected chi connectivity index (χ4v) is 4.85. The molecule has 0 fully saturated rings. The highest BCUT2D eigenvalue weighted by molar-refractivity contribution is 7.99. The minimum atomic E-state index is -0.266. The number of hydrazone groups is 1. The highest BCUT2D eigenvalue weighted by Gasteiger charge is 2.19. The van der Waals surface area contributed by atoms with E-state index in [1.165, 1.54) is 11.8 Å². The number of carbonyl (C=O) groups is 1. The van der Waals surface area contributed by atoms with Gasteiger partial charge in [-0.05, 0) is 12.1 Å². The van der Waals surface area contributed by atoms with E-state index in [1.54, 1.807) is 14.2 Å². The van der Waals surface area contributed by atoms with Crippen LogP contribution in [0, 0.1) is 0 Å². The Morgan fingerprint density at radius 3 is 2.00 bits per heavy atom. The van der Waals surface area contributed by atoms with Gasteiger partial charge in [-0.25, -0.2) is 5.43 Å². The summed E-state index contributed by atoms with van der Waals surface area (Å²) in [4.78, 5) is 13.0. The predicted octanol–water partition coefficient (Wildman–Crippen LogP) is 5.61. The molecule has 4 aromatic carbocycles. The molecule has 0 atom stereocenters. The number of carbonyl (C=O) groups excluding carboxylic acids is 1. The minimum absolute atomic E-state index is 0.0839. The molecule has 0 radical (unpaired) electrons. The number of hydrogen-bond donors (Lipinski definition) is 1. The van der Waals surface area contributed by atoms with Crippen LogP contribution in [0.3, 0.4) is 0 Å². The zero-order valence-electron chi connectivity index (χ0n) is 22.0. The summed E-state index contributed by atoms with van der Waals surface area (Å²) in [6.45, 7) is 0. The number of thioether (sulfide) groups is 1.